The van der Waals surface area contributed by atoms with Gasteiger partial charge in [-0.05, 0) is 53.2 Å². The first kappa shape index (κ1) is 21.6. The molecule has 0 saturated heterocycles. The van der Waals surface area contributed by atoms with E-state index >= 15 is 0 Å². The molecule has 1 aliphatic rings. The molecule has 8 heteroatoms. The Morgan fingerprint density at radius 3 is 2.81 bits per heavy atom. The van der Waals surface area contributed by atoms with Crippen molar-refractivity contribution in [2.75, 3.05) is 18.4 Å². The van der Waals surface area contributed by atoms with Gasteiger partial charge in [0.2, 0.25) is 5.91 Å². The second-order valence-corrected chi connectivity index (χ2v) is 8.96. The van der Waals surface area contributed by atoms with Gasteiger partial charge in [0.25, 0.3) is 0 Å². The van der Waals surface area contributed by atoms with Crippen LogP contribution in [0.4, 0.5) is 5.82 Å². The third kappa shape index (κ3) is 5.36. The first-order valence-electron chi connectivity index (χ1n) is 10.9. The number of phenols is 1. The van der Waals surface area contributed by atoms with Crippen LogP contribution in [-0.4, -0.2) is 38.7 Å². The largest absolute Gasteiger partial charge is 0.507 e. The Morgan fingerprint density at radius 2 is 2.00 bits per heavy atom. The second kappa shape index (κ2) is 10.1. The zero-order valence-electron chi connectivity index (χ0n) is 17.5. The van der Waals surface area contributed by atoms with E-state index in [0.29, 0.717) is 42.3 Å². The maximum atomic E-state index is 12.2. The van der Waals surface area contributed by atoms with Crippen LogP contribution in [0.1, 0.15) is 44.9 Å². The van der Waals surface area contributed by atoms with E-state index in [0.717, 1.165) is 16.7 Å². The van der Waals surface area contributed by atoms with Gasteiger partial charge in [0, 0.05) is 31.1 Å². The molecule has 2 aromatic heterocycles. The zero-order valence-corrected chi connectivity index (χ0v) is 19.1. The van der Waals surface area contributed by atoms with Crippen molar-refractivity contribution in [3.05, 3.63) is 41.0 Å². The summed E-state index contributed by atoms with van der Waals surface area (Å²) in [6.45, 7) is 1.32. The zero-order chi connectivity index (χ0) is 21.6. The van der Waals surface area contributed by atoms with Gasteiger partial charge in [0.1, 0.15) is 11.6 Å². The number of rotatable bonds is 8. The minimum atomic E-state index is 0.163. The maximum absolute atomic E-state index is 12.2. The summed E-state index contributed by atoms with van der Waals surface area (Å²) in [5.41, 5.74) is 2.00. The highest BCUT2D eigenvalue weighted by Gasteiger charge is 2.17. The van der Waals surface area contributed by atoms with E-state index in [1.807, 2.05) is 18.2 Å². The molecule has 1 saturated carbocycles. The predicted octanol–water partition coefficient (Wildman–Crippen LogP) is 4.75. The van der Waals surface area contributed by atoms with Gasteiger partial charge in [0.15, 0.2) is 5.65 Å². The van der Waals surface area contributed by atoms with E-state index < -0.39 is 0 Å². The van der Waals surface area contributed by atoms with Crippen LogP contribution < -0.4 is 10.6 Å². The Balaban J connectivity index is 1.36. The average molecular weight is 486 g/mol. The number of phenolic OH excluding ortho intramolecular Hbond substituents is 1. The number of aromatic nitrogens is 3. The Hall–Kier alpha value is -2.61. The number of halogens is 1. The minimum absolute atomic E-state index is 0.163. The van der Waals surface area contributed by atoms with Gasteiger partial charge in [0.05, 0.1) is 16.4 Å². The monoisotopic (exact) mass is 485 g/mol. The molecule has 164 valence electrons. The molecule has 0 spiro atoms. The van der Waals surface area contributed by atoms with Crippen molar-refractivity contribution >= 4 is 33.3 Å². The summed E-state index contributed by atoms with van der Waals surface area (Å²) in [7, 11) is 0. The molecule has 0 bridgehead atoms. The van der Waals surface area contributed by atoms with E-state index in [-0.39, 0.29) is 11.7 Å². The molecule has 0 radical (unpaired) electrons. The number of hydrogen-bond acceptors (Lipinski definition) is 5. The number of carbonyl (C=O) groups is 1. The van der Waals surface area contributed by atoms with Gasteiger partial charge < -0.3 is 15.7 Å². The number of hydrogen-bond donors (Lipinski definition) is 3. The van der Waals surface area contributed by atoms with Gasteiger partial charge in [-0.2, -0.15) is 9.61 Å². The van der Waals surface area contributed by atoms with E-state index in [4.69, 9.17) is 0 Å². The van der Waals surface area contributed by atoms with E-state index in [9.17, 15) is 9.90 Å². The number of fused-ring (bicyclic) bond motifs is 1. The Kier molecular flexibility index (Phi) is 7.06. The number of aromatic hydroxyl groups is 1. The average Bonchev–Trinajstić information content (AvgIpc) is 3.15. The van der Waals surface area contributed by atoms with Crippen LogP contribution in [0.3, 0.4) is 0 Å². The van der Waals surface area contributed by atoms with Crippen LogP contribution in [0.15, 0.2) is 41.0 Å². The molecule has 0 unspecified atom stereocenters. The first-order valence-corrected chi connectivity index (χ1v) is 11.7. The molecule has 1 aromatic carbocycles. The summed E-state index contributed by atoms with van der Waals surface area (Å²) >= 11 is 3.49. The Labute approximate surface area is 190 Å². The smallest absolute Gasteiger partial charge is 0.220 e. The number of nitrogens with one attached hydrogen (secondary N) is 2. The standard InChI is InChI=1S/C23H28BrN5O2/c24-18-15-27-29-21(14-19(28-23(18)29)17-9-4-5-10-20(17)30)25-11-6-12-26-22(31)13-16-7-2-1-3-8-16/h4-5,9-10,14-16,25,30H,1-3,6-8,11-13H2,(H,26,31). The lowest BCUT2D eigenvalue weighted by Gasteiger charge is -2.20. The van der Waals surface area contributed by atoms with Gasteiger partial charge in [-0.1, -0.05) is 31.4 Å². The molecule has 1 fully saturated rings. The summed E-state index contributed by atoms with van der Waals surface area (Å²) in [5, 5.41) is 21.0. The molecule has 3 aromatic rings. The SMILES string of the molecule is O=C(CC1CCCCC1)NCCCNc1cc(-c2ccccc2O)nc2c(Br)cnn12. The highest BCUT2D eigenvalue weighted by Crippen LogP contribution is 2.31. The third-order valence-electron chi connectivity index (χ3n) is 5.79. The fraction of sp³-hybridized carbons (Fsp3) is 0.435. The normalized spacial score (nSPS) is 14.6. The maximum Gasteiger partial charge on any atom is 0.220 e. The summed E-state index contributed by atoms with van der Waals surface area (Å²) in [4.78, 5) is 16.8. The van der Waals surface area contributed by atoms with Gasteiger partial charge >= 0.3 is 0 Å². The van der Waals surface area contributed by atoms with Crippen molar-refractivity contribution < 1.29 is 9.90 Å². The fourth-order valence-corrected chi connectivity index (χ4v) is 4.50. The quantitative estimate of drug-likeness (QED) is 0.400. The van der Waals surface area contributed by atoms with Crippen LogP contribution in [0.2, 0.25) is 0 Å². The minimum Gasteiger partial charge on any atom is -0.507 e. The molecular weight excluding hydrogens is 458 g/mol. The van der Waals surface area contributed by atoms with Crippen molar-refractivity contribution in [2.45, 2.75) is 44.9 Å². The van der Waals surface area contributed by atoms with Crippen molar-refractivity contribution in [2.24, 2.45) is 5.92 Å². The molecular formula is C23H28BrN5O2. The molecule has 2 heterocycles. The van der Waals surface area contributed by atoms with Crippen molar-refractivity contribution in [3.8, 4) is 17.0 Å². The van der Waals surface area contributed by atoms with Crippen LogP contribution in [0.5, 0.6) is 5.75 Å². The molecule has 31 heavy (non-hydrogen) atoms. The topological polar surface area (TPSA) is 91.5 Å². The summed E-state index contributed by atoms with van der Waals surface area (Å²) < 4.78 is 2.51. The highest BCUT2D eigenvalue weighted by molar-refractivity contribution is 9.10. The number of anilines is 1. The molecule has 7 nitrogen and oxygen atoms in total. The second-order valence-electron chi connectivity index (χ2n) is 8.11. The molecule has 0 atom stereocenters. The number of para-hydroxylation sites is 1. The van der Waals surface area contributed by atoms with Crippen molar-refractivity contribution in [3.63, 3.8) is 0 Å². The van der Waals surface area contributed by atoms with Gasteiger partial charge in [-0.3, -0.25) is 4.79 Å². The number of amides is 1. The Bertz CT molecular complexity index is 1050. The lowest BCUT2D eigenvalue weighted by Crippen LogP contribution is -2.28. The van der Waals surface area contributed by atoms with E-state index in [1.54, 1.807) is 22.8 Å². The summed E-state index contributed by atoms with van der Waals surface area (Å²) in [5.74, 6) is 1.68. The van der Waals surface area contributed by atoms with Gasteiger partial charge in [-0.25, -0.2) is 4.98 Å². The fourth-order valence-electron chi connectivity index (χ4n) is 4.15. The summed E-state index contributed by atoms with van der Waals surface area (Å²) in [6, 6.07) is 9.02. The van der Waals surface area contributed by atoms with Crippen molar-refractivity contribution in [1.29, 1.82) is 0 Å². The van der Waals surface area contributed by atoms with E-state index in [2.05, 4.69) is 36.6 Å². The highest BCUT2D eigenvalue weighted by atomic mass is 79.9. The lowest BCUT2D eigenvalue weighted by molar-refractivity contribution is -0.122. The van der Waals surface area contributed by atoms with Crippen molar-refractivity contribution in [1.82, 2.24) is 19.9 Å². The van der Waals surface area contributed by atoms with Crippen LogP contribution in [0, 0.1) is 5.92 Å². The van der Waals surface area contributed by atoms with E-state index in [1.165, 1.54) is 32.1 Å². The number of carbonyl (C=O) groups excluding carboxylic acids is 1. The Morgan fingerprint density at radius 1 is 1.19 bits per heavy atom. The van der Waals surface area contributed by atoms with Crippen LogP contribution >= 0.6 is 15.9 Å². The lowest BCUT2D eigenvalue weighted by atomic mass is 9.87. The molecule has 1 aliphatic carbocycles. The molecule has 0 aliphatic heterocycles. The molecule has 3 N–H and O–H groups in total. The summed E-state index contributed by atoms with van der Waals surface area (Å²) in [6.07, 6.45) is 9.36. The van der Waals surface area contributed by atoms with Crippen LogP contribution in [-0.2, 0) is 4.79 Å². The molecule has 4 rings (SSSR count). The van der Waals surface area contributed by atoms with Gasteiger partial charge in [-0.15, -0.1) is 0 Å². The van der Waals surface area contributed by atoms with Crippen LogP contribution in [0.25, 0.3) is 16.9 Å². The first-order chi connectivity index (χ1) is 15.1. The molecule has 1 amide bonds. The third-order valence-corrected chi connectivity index (χ3v) is 6.35. The number of benzene rings is 1. The number of nitrogens with zero attached hydrogens (tertiary/aromatic N) is 3. The predicted molar refractivity (Wildman–Crippen MR) is 125 cm³/mol.